The summed E-state index contributed by atoms with van der Waals surface area (Å²) in [6.45, 7) is 5.04. The van der Waals surface area contributed by atoms with Crippen LogP contribution < -0.4 is 4.74 Å². The van der Waals surface area contributed by atoms with Crippen LogP contribution in [0, 0.1) is 18.8 Å². The fourth-order valence-electron chi connectivity index (χ4n) is 4.17. The standard InChI is InChI=1S/C20H30BrN3O/c1-4-24(3)13-22-18-12-17(21)20(23-14(18)2)25-19-11-7-9-15-8-5-6-10-16(15)19/h12-13,15-16,19H,4-11H2,1-3H3/b22-13+. The van der Waals surface area contributed by atoms with E-state index < -0.39 is 0 Å². The first-order chi connectivity index (χ1) is 12.1. The first-order valence-corrected chi connectivity index (χ1v) is 10.5. The smallest absolute Gasteiger partial charge is 0.228 e. The van der Waals surface area contributed by atoms with Crippen molar-refractivity contribution < 1.29 is 4.74 Å². The monoisotopic (exact) mass is 407 g/mol. The van der Waals surface area contributed by atoms with Crippen LogP contribution in [-0.4, -0.2) is 35.9 Å². The van der Waals surface area contributed by atoms with Crippen LogP contribution in [0.3, 0.4) is 0 Å². The molecule has 1 aromatic rings. The van der Waals surface area contributed by atoms with Gasteiger partial charge in [0.05, 0.1) is 22.2 Å². The molecule has 2 fully saturated rings. The summed E-state index contributed by atoms with van der Waals surface area (Å²) in [5, 5.41) is 0. The molecule has 138 valence electrons. The molecular weight excluding hydrogens is 378 g/mol. The molecule has 25 heavy (non-hydrogen) atoms. The van der Waals surface area contributed by atoms with Gasteiger partial charge < -0.3 is 9.64 Å². The Labute approximate surface area is 160 Å². The first-order valence-electron chi connectivity index (χ1n) is 9.66. The molecule has 3 atom stereocenters. The van der Waals surface area contributed by atoms with E-state index in [1.807, 2.05) is 31.3 Å². The molecule has 0 amide bonds. The second kappa shape index (κ2) is 8.52. The molecule has 0 N–H and O–H groups in total. The summed E-state index contributed by atoms with van der Waals surface area (Å²) in [5.41, 5.74) is 1.80. The van der Waals surface area contributed by atoms with Crippen LogP contribution in [-0.2, 0) is 0 Å². The fraction of sp³-hybridized carbons (Fsp3) is 0.700. The van der Waals surface area contributed by atoms with Gasteiger partial charge in [0.1, 0.15) is 6.10 Å². The SMILES string of the molecule is CCN(C)/C=N/c1cc(Br)c(OC2CCCC3CCCCC32)nc1C. The van der Waals surface area contributed by atoms with Crippen LogP contribution in [0.15, 0.2) is 15.5 Å². The maximum atomic E-state index is 6.42. The van der Waals surface area contributed by atoms with E-state index in [-0.39, 0.29) is 0 Å². The van der Waals surface area contributed by atoms with E-state index in [0.717, 1.165) is 40.6 Å². The number of fused-ring (bicyclic) bond motifs is 1. The summed E-state index contributed by atoms with van der Waals surface area (Å²) in [6, 6.07) is 2.03. The maximum Gasteiger partial charge on any atom is 0.228 e. The summed E-state index contributed by atoms with van der Waals surface area (Å²) in [4.78, 5) is 11.3. The van der Waals surface area contributed by atoms with E-state index in [4.69, 9.17) is 9.72 Å². The predicted octanol–water partition coefficient (Wildman–Crippen LogP) is 5.50. The molecule has 3 rings (SSSR count). The van der Waals surface area contributed by atoms with Crippen LogP contribution in [0.2, 0.25) is 0 Å². The van der Waals surface area contributed by atoms with Gasteiger partial charge in [-0.05, 0) is 73.4 Å². The predicted molar refractivity (Wildman–Crippen MR) is 107 cm³/mol. The van der Waals surface area contributed by atoms with Gasteiger partial charge in [-0.2, -0.15) is 0 Å². The number of hydrogen-bond donors (Lipinski definition) is 0. The molecule has 0 aromatic carbocycles. The highest BCUT2D eigenvalue weighted by Crippen LogP contribution is 2.42. The molecule has 0 bridgehead atoms. The van der Waals surface area contributed by atoms with Gasteiger partial charge in [0.2, 0.25) is 5.88 Å². The maximum absolute atomic E-state index is 6.42. The molecule has 2 aliphatic rings. The first kappa shape index (κ1) is 18.7. The molecule has 0 aliphatic heterocycles. The highest BCUT2D eigenvalue weighted by atomic mass is 79.9. The average molecular weight is 408 g/mol. The van der Waals surface area contributed by atoms with Crippen molar-refractivity contribution in [3.05, 3.63) is 16.2 Å². The van der Waals surface area contributed by atoms with Crippen molar-refractivity contribution in [3.8, 4) is 5.88 Å². The third-order valence-corrected chi connectivity index (χ3v) is 6.34. The molecule has 3 unspecified atom stereocenters. The largest absolute Gasteiger partial charge is 0.473 e. The van der Waals surface area contributed by atoms with E-state index >= 15 is 0 Å². The number of aromatic nitrogens is 1. The highest BCUT2D eigenvalue weighted by molar-refractivity contribution is 9.10. The lowest BCUT2D eigenvalue weighted by Crippen LogP contribution is -2.38. The molecule has 0 radical (unpaired) electrons. The van der Waals surface area contributed by atoms with Crippen molar-refractivity contribution in [2.75, 3.05) is 13.6 Å². The molecule has 0 spiro atoms. The molecule has 2 saturated carbocycles. The molecule has 1 aromatic heterocycles. The highest BCUT2D eigenvalue weighted by Gasteiger charge is 2.36. The lowest BCUT2D eigenvalue weighted by atomic mass is 9.69. The van der Waals surface area contributed by atoms with Crippen molar-refractivity contribution >= 4 is 28.0 Å². The Morgan fingerprint density at radius 2 is 2.04 bits per heavy atom. The van der Waals surface area contributed by atoms with E-state index in [9.17, 15) is 0 Å². The number of aliphatic imine (C=N–C) groups is 1. The number of ether oxygens (including phenoxy) is 1. The topological polar surface area (TPSA) is 37.7 Å². The molecule has 2 aliphatic carbocycles. The van der Waals surface area contributed by atoms with Crippen LogP contribution in [0.5, 0.6) is 5.88 Å². The van der Waals surface area contributed by atoms with E-state index in [0.29, 0.717) is 12.0 Å². The summed E-state index contributed by atoms with van der Waals surface area (Å²) >= 11 is 3.65. The normalized spacial score (nSPS) is 26.5. The van der Waals surface area contributed by atoms with Gasteiger partial charge in [-0.25, -0.2) is 9.98 Å². The minimum Gasteiger partial charge on any atom is -0.473 e. The zero-order chi connectivity index (χ0) is 17.8. The van der Waals surface area contributed by atoms with Crippen molar-refractivity contribution in [1.82, 2.24) is 9.88 Å². The number of nitrogens with zero attached hydrogens (tertiary/aromatic N) is 3. The van der Waals surface area contributed by atoms with Crippen molar-refractivity contribution in [2.45, 2.75) is 64.9 Å². The van der Waals surface area contributed by atoms with Gasteiger partial charge >= 0.3 is 0 Å². The number of aryl methyl sites for hydroxylation is 1. The number of hydrogen-bond acceptors (Lipinski definition) is 3. The molecule has 0 saturated heterocycles. The lowest BCUT2D eigenvalue weighted by Gasteiger charge is -2.41. The van der Waals surface area contributed by atoms with Gasteiger partial charge in [0.15, 0.2) is 0 Å². The molecular formula is C20H30BrN3O. The number of rotatable bonds is 5. The Bertz CT molecular complexity index is 617. The van der Waals surface area contributed by atoms with Crippen LogP contribution in [0.1, 0.15) is 57.6 Å². The molecule has 5 heteroatoms. The lowest BCUT2D eigenvalue weighted by molar-refractivity contribution is 0.0243. The van der Waals surface area contributed by atoms with Crippen molar-refractivity contribution in [3.63, 3.8) is 0 Å². The average Bonchev–Trinajstić information content (AvgIpc) is 2.63. The number of pyridine rings is 1. The Morgan fingerprint density at radius 1 is 1.28 bits per heavy atom. The fourth-order valence-corrected chi connectivity index (χ4v) is 4.57. The summed E-state index contributed by atoms with van der Waals surface area (Å²) < 4.78 is 7.32. The van der Waals surface area contributed by atoms with E-state index in [1.54, 1.807) is 0 Å². The molecule has 4 nitrogen and oxygen atoms in total. The summed E-state index contributed by atoms with van der Waals surface area (Å²) in [5.74, 6) is 2.31. The third kappa shape index (κ3) is 4.55. The van der Waals surface area contributed by atoms with Gasteiger partial charge in [-0.3, -0.25) is 0 Å². The van der Waals surface area contributed by atoms with Gasteiger partial charge in [-0.15, -0.1) is 0 Å². The van der Waals surface area contributed by atoms with Gasteiger partial charge in [0, 0.05) is 13.6 Å². The van der Waals surface area contributed by atoms with Gasteiger partial charge in [0.25, 0.3) is 0 Å². The van der Waals surface area contributed by atoms with E-state index in [1.165, 1.54) is 38.5 Å². The third-order valence-electron chi connectivity index (χ3n) is 5.77. The van der Waals surface area contributed by atoms with Crippen LogP contribution >= 0.6 is 15.9 Å². The Kier molecular flexibility index (Phi) is 6.37. The second-order valence-corrected chi connectivity index (χ2v) is 8.35. The van der Waals surface area contributed by atoms with Crippen LogP contribution in [0.4, 0.5) is 5.69 Å². The number of halogens is 1. The Balaban J connectivity index is 1.74. The van der Waals surface area contributed by atoms with Crippen molar-refractivity contribution in [2.24, 2.45) is 16.8 Å². The zero-order valence-electron chi connectivity index (χ0n) is 15.7. The summed E-state index contributed by atoms with van der Waals surface area (Å²) in [7, 11) is 2.02. The van der Waals surface area contributed by atoms with Crippen LogP contribution in [0.25, 0.3) is 0 Å². The Morgan fingerprint density at radius 3 is 2.84 bits per heavy atom. The molecule has 1 heterocycles. The van der Waals surface area contributed by atoms with Gasteiger partial charge in [-0.1, -0.05) is 19.3 Å². The second-order valence-electron chi connectivity index (χ2n) is 7.49. The minimum absolute atomic E-state index is 0.322. The van der Waals surface area contributed by atoms with E-state index in [2.05, 4.69) is 27.8 Å². The summed E-state index contributed by atoms with van der Waals surface area (Å²) in [6.07, 6.45) is 11.5. The zero-order valence-corrected chi connectivity index (χ0v) is 17.3. The minimum atomic E-state index is 0.322. The van der Waals surface area contributed by atoms with Crippen molar-refractivity contribution in [1.29, 1.82) is 0 Å². The quantitative estimate of drug-likeness (QED) is 0.477. The Hall–Kier alpha value is -1.10.